The third kappa shape index (κ3) is 6.91. The number of carbonyl (C=O) groups is 1. The molecule has 0 aromatic heterocycles. The van der Waals surface area contributed by atoms with E-state index in [-0.39, 0.29) is 30.3 Å². The number of benzene rings is 2. The van der Waals surface area contributed by atoms with Crippen molar-refractivity contribution in [2.45, 2.75) is 50.9 Å². The highest BCUT2D eigenvalue weighted by atomic mass is 19.4. The van der Waals surface area contributed by atoms with Gasteiger partial charge in [0.05, 0.1) is 16.6 Å². The van der Waals surface area contributed by atoms with Gasteiger partial charge in [0.25, 0.3) is 5.69 Å². The fraction of sp³-hybridized carbons (Fsp3) is 0.500. The molecule has 1 heterocycles. The number of nitrogens with zero attached hydrogens (tertiary/aromatic N) is 3. The molecule has 1 aliphatic heterocycles. The molecule has 200 valence electrons. The molecule has 11 heteroatoms. The molecule has 1 saturated carbocycles. The summed E-state index contributed by atoms with van der Waals surface area (Å²) >= 11 is 0. The summed E-state index contributed by atoms with van der Waals surface area (Å²) in [5.41, 5.74) is 1.84. The molecule has 1 aliphatic carbocycles. The molecular formula is C26H31F3N4O4. The Kier molecular flexibility index (Phi) is 8.21. The van der Waals surface area contributed by atoms with E-state index in [1.54, 1.807) is 17.0 Å². The Morgan fingerprint density at radius 2 is 1.70 bits per heavy atom. The van der Waals surface area contributed by atoms with E-state index in [1.807, 2.05) is 11.8 Å². The Hall–Kier alpha value is -3.34. The van der Waals surface area contributed by atoms with E-state index in [0.29, 0.717) is 31.9 Å². The highest BCUT2D eigenvalue weighted by molar-refractivity contribution is 5.77. The second kappa shape index (κ2) is 11.4. The standard InChI is InChI=1S/C26H31F3N4O4/c1-18-16-22(33(35)36)8-11-24(18)30-20-4-9-23(10-5-20)37-17-25(34)32-14-12-31(13-15-32)21-6-2-19(3-7-21)26(27,28)29/h2-3,6-8,11,16,20,23,30H,4-5,9-10,12-15,17H2,1H3/t20-,23-. The van der Waals surface area contributed by atoms with E-state index in [1.165, 1.54) is 18.2 Å². The van der Waals surface area contributed by atoms with E-state index in [4.69, 9.17) is 4.74 Å². The fourth-order valence-electron chi connectivity index (χ4n) is 4.87. The minimum atomic E-state index is -4.36. The van der Waals surface area contributed by atoms with Crippen LogP contribution in [0.15, 0.2) is 42.5 Å². The van der Waals surface area contributed by atoms with E-state index >= 15 is 0 Å². The van der Waals surface area contributed by atoms with Gasteiger partial charge < -0.3 is 19.9 Å². The second-order valence-corrected chi connectivity index (χ2v) is 9.60. The zero-order valence-corrected chi connectivity index (χ0v) is 20.7. The van der Waals surface area contributed by atoms with Gasteiger partial charge in [0, 0.05) is 55.7 Å². The first kappa shape index (κ1) is 26.7. The molecule has 2 aromatic carbocycles. The van der Waals surface area contributed by atoms with Crippen LogP contribution in [0, 0.1) is 17.0 Å². The molecule has 8 nitrogen and oxygen atoms in total. The van der Waals surface area contributed by atoms with Gasteiger partial charge in [-0.1, -0.05) is 0 Å². The molecule has 37 heavy (non-hydrogen) atoms. The smallest absolute Gasteiger partial charge is 0.382 e. The molecule has 1 amide bonds. The molecule has 1 N–H and O–H groups in total. The number of non-ortho nitro benzene ring substituents is 1. The third-order valence-electron chi connectivity index (χ3n) is 7.09. The van der Waals surface area contributed by atoms with Gasteiger partial charge in [-0.15, -0.1) is 0 Å². The van der Waals surface area contributed by atoms with Crippen LogP contribution >= 0.6 is 0 Å². The Morgan fingerprint density at radius 3 is 2.27 bits per heavy atom. The topological polar surface area (TPSA) is 87.9 Å². The van der Waals surface area contributed by atoms with Crippen LogP contribution in [0.5, 0.6) is 0 Å². The maximum atomic E-state index is 12.8. The van der Waals surface area contributed by atoms with Gasteiger partial charge in [-0.2, -0.15) is 13.2 Å². The van der Waals surface area contributed by atoms with Crippen molar-refractivity contribution in [2.24, 2.45) is 0 Å². The van der Waals surface area contributed by atoms with Gasteiger partial charge in [0.15, 0.2) is 0 Å². The summed E-state index contributed by atoms with van der Waals surface area (Å²) in [6, 6.07) is 10.1. The molecule has 4 rings (SSSR count). The number of anilines is 2. The first-order valence-electron chi connectivity index (χ1n) is 12.4. The number of alkyl halides is 3. The lowest BCUT2D eigenvalue weighted by Gasteiger charge is -2.36. The van der Waals surface area contributed by atoms with Crippen LogP contribution in [0.4, 0.5) is 30.2 Å². The van der Waals surface area contributed by atoms with Crippen molar-refractivity contribution >= 4 is 23.0 Å². The van der Waals surface area contributed by atoms with Crippen molar-refractivity contribution in [3.8, 4) is 0 Å². The Bertz CT molecular complexity index is 1090. The summed E-state index contributed by atoms with van der Waals surface area (Å²) in [6.45, 7) is 3.96. The molecule has 0 unspecified atom stereocenters. The second-order valence-electron chi connectivity index (χ2n) is 9.60. The number of amides is 1. The van der Waals surface area contributed by atoms with Crippen molar-refractivity contribution in [1.29, 1.82) is 0 Å². The molecular weight excluding hydrogens is 489 g/mol. The lowest BCUT2D eigenvalue weighted by molar-refractivity contribution is -0.384. The molecule has 2 aliphatic rings. The zero-order chi connectivity index (χ0) is 26.6. The number of aryl methyl sites for hydroxylation is 1. The Labute approximate surface area is 213 Å². The normalized spacial score (nSPS) is 20.5. The van der Waals surface area contributed by atoms with Gasteiger partial charge in [-0.25, -0.2) is 0 Å². The number of nitrogens with one attached hydrogen (secondary N) is 1. The fourth-order valence-corrected chi connectivity index (χ4v) is 4.87. The van der Waals surface area contributed by atoms with Crippen LogP contribution in [0.25, 0.3) is 0 Å². The summed E-state index contributed by atoms with van der Waals surface area (Å²) in [5.74, 6) is -0.0752. The monoisotopic (exact) mass is 520 g/mol. The van der Waals surface area contributed by atoms with Crippen LogP contribution in [0.2, 0.25) is 0 Å². The minimum absolute atomic E-state index is 0.00777. The maximum Gasteiger partial charge on any atom is 0.416 e. The number of hydrogen-bond acceptors (Lipinski definition) is 6. The molecule has 0 spiro atoms. The first-order valence-corrected chi connectivity index (χ1v) is 12.4. The largest absolute Gasteiger partial charge is 0.416 e. The Morgan fingerprint density at radius 1 is 1.05 bits per heavy atom. The van der Waals surface area contributed by atoms with Crippen molar-refractivity contribution in [3.63, 3.8) is 0 Å². The number of rotatable bonds is 7. The van der Waals surface area contributed by atoms with Crippen molar-refractivity contribution < 1.29 is 27.6 Å². The summed E-state index contributed by atoms with van der Waals surface area (Å²) in [6.07, 6.45) is -0.959. The summed E-state index contributed by atoms with van der Waals surface area (Å²) < 4.78 is 44.2. The quantitative estimate of drug-likeness (QED) is 0.408. The van der Waals surface area contributed by atoms with E-state index in [0.717, 1.165) is 49.1 Å². The van der Waals surface area contributed by atoms with Crippen molar-refractivity contribution in [2.75, 3.05) is 43.0 Å². The summed E-state index contributed by atoms with van der Waals surface area (Å²) in [5, 5.41) is 14.4. The highest BCUT2D eigenvalue weighted by Crippen LogP contribution is 2.31. The molecule has 2 fully saturated rings. The number of nitro groups is 1. The number of piperazine rings is 1. The van der Waals surface area contributed by atoms with Gasteiger partial charge in [-0.05, 0) is 68.5 Å². The number of nitro benzene ring substituents is 1. The lowest BCUT2D eigenvalue weighted by atomic mass is 9.92. The van der Waals surface area contributed by atoms with Crippen molar-refractivity contribution in [3.05, 3.63) is 63.7 Å². The van der Waals surface area contributed by atoms with E-state index in [2.05, 4.69) is 5.32 Å². The van der Waals surface area contributed by atoms with Gasteiger partial charge in [0.2, 0.25) is 5.91 Å². The lowest BCUT2D eigenvalue weighted by Crippen LogP contribution is -2.50. The van der Waals surface area contributed by atoms with Gasteiger partial charge in [0.1, 0.15) is 6.61 Å². The molecule has 0 bridgehead atoms. The average Bonchev–Trinajstić information content (AvgIpc) is 2.89. The molecule has 0 atom stereocenters. The van der Waals surface area contributed by atoms with Gasteiger partial charge in [-0.3, -0.25) is 14.9 Å². The third-order valence-corrected chi connectivity index (χ3v) is 7.09. The summed E-state index contributed by atoms with van der Waals surface area (Å²) in [4.78, 5) is 26.9. The molecule has 1 saturated heterocycles. The first-order chi connectivity index (χ1) is 17.6. The van der Waals surface area contributed by atoms with Crippen molar-refractivity contribution in [1.82, 2.24) is 4.90 Å². The van der Waals surface area contributed by atoms with Crippen LogP contribution in [-0.4, -0.2) is 60.7 Å². The van der Waals surface area contributed by atoms with Crippen LogP contribution in [-0.2, 0) is 15.7 Å². The van der Waals surface area contributed by atoms with E-state index in [9.17, 15) is 28.1 Å². The number of halogens is 3. The summed E-state index contributed by atoms with van der Waals surface area (Å²) in [7, 11) is 0. The molecule has 0 radical (unpaired) electrons. The highest BCUT2D eigenvalue weighted by Gasteiger charge is 2.30. The number of carbonyl (C=O) groups excluding carboxylic acids is 1. The maximum absolute atomic E-state index is 12.8. The van der Waals surface area contributed by atoms with Crippen LogP contribution in [0.3, 0.4) is 0 Å². The zero-order valence-electron chi connectivity index (χ0n) is 20.7. The predicted molar refractivity (Wildman–Crippen MR) is 134 cm³/mol. The van der Waals surface area contributed by atoms with Gasteiger partial charge >= 0.3 is 6.18 Å². The predicted octanol–water partition coefficient (Wildman–Crippen LogP) is 5.01. The number of ether oxygens (including phenoxy) is 1. The van der Waals surface area contributed by atoms with Crippen LogP contribution in [0.1, 0.15) is 36.8 Å². The SMILES string of the molecule is Cc1cc([N+](=O)[O-])ccc1N[C@H]1CC[C@H](OCC(=O)N2CCN(c3ccc(C(F)(F)F)cc3)CC2)CC1. The average molecular weight is 521 g/mol. The minimum Gasteiger partial charge on any atom is -0.382 e. The Balaban J connectivity index is 1.16. The van der Waals surface area contributed by atoms with E-state index < -0.39 is 16.7 Å². The number of hydrogen-bond donors (Lipinski definition) is 1. The molecule has 2 aromatic rings. The van der Waals surface area contributed by atoms with Crippen LogP contribution < -0.4 is 10.2 Å².